The number of halogens is 1. The molecule has 3 aromatic heterocycles. The number of nitro benzene ring substituents is 1. The zero-order chi connectivity index (χ0) is 22.9. The van der Waals surface area contributed by atoms with Gasteiger partial charge < -0.3 is 0 Å². The lowest BCUT2D eigenvalue weighted by molar-refractivity contribution is -0.384. The molecule has 0 saturated carbocycles. The number of fused-ring (bicyclic) bond motifs is 1. The van der Waals surface area contributed by atoms with Gasteiger partial charge in [0, 0.05) is 38.5 Å². The zero-order valence-electron chi connectivity index (χ0n) is 16.7. The molecule has 0 aliphatic heterocycles. The highest BCUT2D eigenvalue weighted by atomic mass is 35.5. The summed E-state index contributed by atoms with van der Waals surface area (Å²) in [4.78, 5) is 30.4. The van der Waals surface area contributed by atoms with Gasteiger partial charge in [-0.1, -0.05) is 17.7 Å². The highest BCUT2D eigenvalue weighted by Crippen LogP contribution is 2.34. The first-order valence-corrected chi connectivity index (χ1v) is 11.8. The second kappa shape index (κ2) is 8.70. The molecular weight excluding hydrogens is 480 g/mol. The molecule has 0 fully saturated rings. The third kappa shape index (κ3) is 4.09. The van der Waals surface area contributed by atoms with Crippen LogP contribution < -0.4 is 5.56 Å². The first-order valence-electron chi connectivity index (χ1n) is 9.64. The van der Waals surface area contributed by atoms with Crippen molar-refractivity contribution in [2.75, 3.05) is 0 Å². The van der Waals surface area contributed by atoms with E-state index in [2.05, 4.69) is 5.10 Å². The van der Waals surface area contributed by atoms with Crippen LogP contribution in [0.1, 0.15) is 5.56 Å². The summed E-state index contributed by atoms with van der Waals surface area (Å²) in [5.41, 5.74) is 1.80. The SMILES string of the molecule is O=c1c2c(-c3cccs3)csc2nc(-c2ccc(Cl)cc2)n1N=Cc1ccc([N+](=O)[O-])cc1. The maximum atomic E-state index is 13.6. The Morgan fingerprint density at radius 3 is 2.48 bits per heavy atom. The van der Waals surface area contributed by atoms with Gasteiger partial charge >= 0.3 is 0 Å². The van der Waals surface area contributed by atoms with Crippen molar-refractivity contribution in [2.24, 2.45) is 5.10 Å². The van der Waals surface area contributed by atoms with E-state index in [-0.39, 0.29) is 11.2 Å². The van der Waals surface area contributed by atoms with Gasteiger partial charge in [-0.05, 0) is 53.4 Å². The van der Waals surface area contributed by atoms with Crippen LogP contribution in [0.25, 0.3) is 32.0 Å². The van der Waals surface area contributed by atoms with E-state index in [1.54, 1.807) is 47.7 Å². The highest BCUT2D eigenvalue weighted by molar-refractivity contribution is 7.18. The largest absolute Gasteiger partial charge is 0.283 e. The van der Waals surface area contributed by atoms with Gasteiger partial charge in [-0.2, -0.15) is 9.78 Å². The van der Waals surface area contributed by atoms with Crippen LogP contribution in [0.2, 0.25) is 5.02 Å². The van der Waals surface area contributed by atoms with E-state index in [4.69, 9.17) is 16.6 Å². The highest BCUT2D eigenvalue weighted by Gasteiger charge is 2.18. The fraction of sp³-hybridized carbons (Fsp3) is 0. The minimum Gasteiger partial charge on any atom is -0.267 e. The maximum absolute atomic E-state index is 13.6. The molecule has 5 aromatic rings. The second-order valence-electron chi connectivity index (χ2n) is 6.96. The molecule has 0 spiro atoms. The van der Waals surface area contributed by atoms with Crippen molar-refractivity contribution < 1.29 is 4.92 Å². The van der Waals surface area contributed by atoms with Gasteiger partial charge in [0.05, 0.1) is 16.5 Å². The molecule has 0 aliphatic carbocycles. The number of non-ortho nitro benzene ring substituents is 1. The molecule has 2 aromatic carbocycles. The van der Waals surface area contributed by atoms with E-state index in [9.17, 15) is 14.9 Å². The number of nitrogens with zero attached hydrogens (tertiary/aromatic N) is 4. The summed E-state index contributed by atoms with van der Waals surface area (Å²) in [7, 11) is 0. The molecule has 33 heavy (non-hydrogen) atoms. The fourth-order valence-electron chi connectivity index (χ4n) is 3.29. The van der Waals surface area contributed by atoms with Crippen LogP contribution in [0.3, 0.4) is 0 Å². The molecule has 0 atom stereocenters. The summed E-state index contributed by atoms with van der Waals surface area (Å²) in [6, 6.07) is 16.8. The summed E-state index contributed by atoms with van der Waals surface area (Å²) in [6.45, 7) is 0. The maximum Gasteiger partial charge on any atom is 0.283 e. The van der Waals surface area contributed by atoms with Crippen LogP contribution in [0.4, 0.5) is 5.69 Å². The van der Waals surface area contributed by atoms with Gasteiger partial charge in [-0.25, -0.2) is 4.98 Å². The summed E-state index contributed by atoms with van der Waals surface area (Å²) in [6.07, 6.45) is 1.48. The number of rotatable bonds is 5. The van der Waals surface area contributed by atoms with Crippen molar-refractivity contribution in [3.05, 3.63) is 102 Å². The molecule has 10 heteroatoms. The van der Waals surface area contributed by atoms with Gasteiger partial charge in [-0.3, -0.25) is 14.9 Å². The zero-order valence-corrected chi connectivity index (χ0v) is 19.1. The van der Waals surface area contributed by atoms with Crippen molar-refractivity contribution in [3.8, 4) is 21.8 Å². The number of hydrogen-bond donors (Lipinski definition) is 0. The summed E-state index contributed by atoms with van der Waals surface area (Å²) in [5, 5.41) is 20.3. The van der Waals surface area contributed by atoms with E-state index in [1.807, 2.05) is 22.9 Å². The predicted octanol–water partition coefficient (Wildman–Crippen LogP) is 6.30. The fourth-order valence-corrected chi connectivity index (χ4v) is 5.17. The third-order valence-corrected chi connectivity index (χ3v) is 6.93. The minimum atomic E-state index is -0.468. The Hall–Kier alpha value is -3.66. The van der Waals surface area contributed by atoms with Crippen molar-refractivity contribution >= 4 is 56.4 Å². The van der Waals surface area contributed by atoms with Crippen LogP contribution in [0.5, 0.6) is 0 Å². The van der Waals surface area contributed by atoms with Crippen LogP contribution in [-0.4, -0.2) is 20.8 Å². The van der Waals surface area contributed by atoms with E-state index in [1.165, 1.54) is 34.4 Å². The van der Waals surface area contributed by atoms with Crippen molar-refractivity contribution in [1.29, 1.82) is 0 Å². The molecule has 0 bridgehead atoms. The Morgan fingerprint density at radius 2 is 1.82 bits per heavy atom. The Balaban J connectivity index is 1.69. The summed E-state index contributed by atoms with van der Waals surface area (Å²) < 4.78 is 1.26. The first-order chi connectivity index (χ1) is 16.0. The smallest absolute Gasteiger partial charge is 0.267 e. The molecule has 0 aliphatic rings. The van der Waals surface area contributed by atoms with E-state index >= 15 is 0 Å². The quantitative estimate of drug-likeness (QED) is 0.163. The van der Waals surface area contributed by atoms with Gasteiger partial charge in [0.25, 0.3) is 11.2 Å². The Bertz CT molecular complexity index is 1550. The van der Waals surface area contributed by atoms with Crippen molar-refractivity contribution in [2.45, 2.75) is 0 Å². The number of hydrogen-bond acceptors (Lipinski definition) is 7. The van der Waals surface area contributed by atoms with Crippen LogP contribution in [0.15, 0.2) is 81.3 Å². The van der Waals surface area contributed by atoms with Crippen LogP contribution >= 0.6 is 34.3 Å². The molecule has 3 heterocycles. The van der Waals surface area contributed by atoms with Gasteiger partial charge in [0.1, 0.15) is 4.83 Å². The Labute approximate surface area is 200 Å². The average Bonchev–Trinajstić information content (AvgIpc) is 3.49. The molecule has 0 saturated heterocycles. The second-order valence-corrected chi connectivity index (χ2v) is 9.20. The van der Waals surface area contributed by atoms with E-state index < -0.39 is 4.92 Å². The molecule has 162 valence electrons. The Kier molecular flexibility index (Phi) is 5.59. The molecular formula is C23H13ClN4O3S2. The molecule has 0 amide bonds. The normalized spacial score (nSPS) is 11.4. The van der Waals surface area contributed by atoms with Gasteiger partial charge in [0.2, 0.25) is 0 Å². The average molecular weight is 493 g/mol. The number of aromatic nitrogens is 2. The van der Waals surface area contributed by atoms with Crippen LogP contribution in [0, 0.1) is 10.1 Å². The number of thiophene rings is 2. The minimum absolute atomic E-state index is 0.0203. The summed E-state index contributed by atoms with van der Waals surface area (Å²) in [5.74, 6) is 0.377. The predicted molar refractivity (Wildman–Crippen MR) is 134 cm³/mol. The standard InChI is InChI=1S/C23H13ClN4O3S2/c24-16-7-5-15(6-8-16)21-26-22-20(18(13-33-22)19-2-1-11-32-19)23(29)27(21)25-12-14-3-9-17(10-4-14)28(30)31/h1-13H. The van der Waals surface area contributed by atoms with Gasteiger partial charge in [0.15, 0.2) is 5.82 Å². The lowest BCUT2D eigenvalue weighted by Gasteiger charge is -2.08. The molecule has 0 N–H and O–H groups in total. The molecule has 0 radical (unpaired) electrons. The number of nitro groups is 1. The topological polar surface area (TPSA) is 90.4 Å². The summed E-state index contributed by atoms with van der Waals surface area (Å²) >= 11 is 8.99. The molecule has 5 rings (SSSR count). The van der Waals surface area contributed by atoms with Gasteiger partial charge in [-0.15, -0.1) is 22.7 Å². The lowest BCUT2D eigenvalue weighted by Crippen LogP contribution is -2.20. The Morgan fingerprint density at radius 1 is 1.06 bits per heavy atom. The number of benzene rings is 2. The monoisotopic (exact) mass is 492 g/mol. The first kappa shape index (κ1) is 21.2. The van der Waals surface area contributed by atoms with E-state index in [0.717, 1.165) is 10.4 Å². The third-order valence-electron chi connectivity index (χ3n) is 4.90. The molecule has 0 unspecified atom stereocenters. The molecule has 7 nitrogen and oxygen atoms in total. The lowest BCUT2D eigenvalue weighted by atomic mass is 10.2. The van der Waals surface area contributed by atoms with Crippen molar-refractivity contribution in [3.63, 3.8) is 0 Å². The van der Waals surface area contributed by atoms with Crippen LogP contribution in [-0.2, 0) is 0 Å². The van der Waals surface area contributed by atoms with E-state index in [0.29, 0.717) is 32.2 Å². The van der Waals surface area contributed by atoms with Crippen molar-refractivity contribution in [1.82, 2.24) is 9.66 Å².